The monoisotopic (exact) mass is 450 g/mol. The van der Waals surface area contributed by atoms with Crippen LogP contribution in [0, 0.1) is 3.70 Å². The Morgan fingerprint density at radius 3 is 2.68 bits per heavy atom. The van der Waals surface area contributed by atoms with Crippen molar-refractivity contribution in [1.82, 2.24) is 19.7 Å². The Kier molecular flexibility index (Phi) is 3.95. The molecule has 7 heteroatoms. The number of hydrogen-bond donors (Lipinski definition) is 1. The van der Waals surface area contributed by atoms with Crippen molar-refractivity contribution >= 4 is 22.6 Å². The van der Waals surface area contributed by atoms with Gasteiger partial charge in [-0.05, 0) is 61.4 Å². The minimum atomic E-state index is -0.957. The summed E-state index contributed by atoms with van der Waals surface area (Å²) < 4.78 is 8.47. The Hall–Kier alpha value is -1.74. The largest absolute Gasteiger partial charge is 0.384 e. The summed E-state index contributed by atoms with van der Waals surface area (Å²) in [6.45, 7) is 3.44. The number of hydrogen-bond acceptors (Lipinski definition) is 5. The molecular weight excluding hydrogens is 431 g/mol. The fourth-order valence-electron chi connectivity index (χ4n) is 2.74. The van der Waals surface area contributed by atoms with Gasteiger partial charge in [0.25, 0.3) is 0 Å². The number of nitrogens with zero attached hydrogens (tertiary/aromatic N) is 4. The minimum Gasteiger partial charge on any atom is -0.384 e. The summed E-state index contributed by atoms with van der Waals surface area (Å²) in [6.07, 6.45) is 4.11. The number of aromatic nitrogens is 4. The van der Waals surface area contributed by atoms with E-state index in [0.717, 1.165) is 32.2 Å². The molecule has 0 aromatic carbocycles. The number of halogens is 1. The van der Waals surface area contributed by atoms with E-state index in [2.05, 4.69) is 32.7 Å². The summed E-state index contributed by atoms with van der Waals surface area (Å²) in [7, 11) is 1.97. The SMILES string of the molecule is Cn1c(-c2cc(C3CC3)on2)nc(-c2ccc(C(C)(C)O)nc2)c1I. The first-order valence-corrected chi connectivity index (χ1v) is 9.31. The molecule has 1 saturated carbocycles. The molecule has 1 N–H and O–H groups in total. The average Bonchev–Trinajstić information content (AvgIpc) is 3.24. The Labute approximate surface area is 159 Å². The summed E-state index contributed by atoms with van der Waals surface area (Å²) in [5.74, 6) is 2.26. The predicted octanol–water partition coefficient (Wildman–Crippen LogP) is 3.85. The van der Waals surface area contributed by atoms with Crippen LogP contribution < -0.4 is 0 Å². The van der Waals surface area contributed by atoms with Crippen LogP contribution in [0.2, 0.25) is 0 Å². The quantitative estimate of drug-likeness (QED) is 0.612. The molecule has 3 heterocycles. The van der Waals surface area contributed by atoms with Gasteiger partial charge in [-0.2, -0.15) is 0 Å². The molecule has 25 heavy (non-hydrogen) atoms. The van der Waals surface area contributed by atoms with E-state index < -0.39 is 5.60 Å². The molecule has 0 atom stereocenters. The zero-order chi connectivity index (χ0) is 17.8. The van der Waals surface area contributed by atoms with Gasteiger partial charge in [-0.1, -0.05) is 5.16 Å². The Bertz CT molecular complexity index is 918. The smallest absolute Gasteiger partial charge is 0.163 e. The van der Waals surface area contributed by atoms with E-state index in [1.165, 1.54) is 12.8 Å². The van der Waals surface area contributed by atoms with Crippen molar-refractivity contribution in [2.75, 3.05) is 0 Å². The lowest BCUT2D eigenvalue weighted by Crippen LogP contribution is -2.17. The van der Waals surface area contributed by atoms with Crippen molar-refractivity contribution in [3.8, 4) is 22.8 Å². The fourth-order valence-corrected chi connectivity index (χ4v) is 3.40. The van der Waals surface area contributed by atoms with Gasteiger partial charge in [-0.15, -0.1) is 0 Å². The molecule has 0 aliphatic heterocycles. The topological polar surface area (TPSA) is 77.0 Å². The Morgan fingerprint density at radius 2 is 2.08 bits per heavy atom. The normalized spacial score (nSPS) is 14.9. The molecule has 4 rings (SSSR count). The van der Waals surface area contributed by atoms with Crippen LogP contribution in [0.4, 0.5) is 0 Å². The molecule has 130 valence electrons. The maximum Gasteiger partial charge on any atom is 0.163 e. The summed E-state index contributed by atoms with van der Waals surface area (Å²) in [4.78, 5) is 9.14. The highest BCUT2D eigenvalue weighted by Crippen LogP contribution is 2.41. The lowest BCUT2D eigenvalue weighted by atomic mass is 10.0. The average molecular weight is 450 g/mol. The van der Waals surface area contributed by atoms with Crippen molar-refractivity contribution in [3.63, 3.8) is 0 Å². The van der Waals surface area contributed by atoms with E-state index in [1.54, 1.807) is 20.0 Å². The van der Waals surface area contributed by atoms with Crippen molar-refractivity contribution in [3.05, 3.63) is 39.6 Å². The summed E-state index contributed by atoms with van der Waals surface area (Å²) in [5.41, 5.74) is 2.19. The van der Waals surface area contributed by atoms with Gasteiger partial charge in [0.15, 0.2) is 5.82 Å². The third-order valence-electron chi connectivity index (χ3n) is 4.43. The maximum atomic E-state index is 10.1. The van der Waals surface area contributed by atoms with Crippen LogP contribution in [0.3, 0.4) is 0 Å². The van der Waals surface area contributed by atoms with Gasteiger partial charge in [0.1, 0.15) is 26.4 Å². The second-order valence-corrected chi connectivity index (χ2v) is 8.04. The van der Waals surface area contributed by atoms with Crippen LogP contribution in [-0.2, 0) is 12.6 Å². The van der Waals surface area contributed by atoms with Gasteiger partial charge in [0, 0.05) is 30.8 Å². The minimum absolute atomic E-state index is 0.527. The molecule has 0 unspecified atom stereocenters. The number of pyridine rings is 1. The highest BCUT2D eigenvalue weighted by atomic mass is 127. The lowest BCUT2D eigenvalue weighted by Gasteiger charge is -2.16. The number of imidazole rings is 1. The predicted molar refractivity (Wildman–Crippen MR) is 102 cm³/mol. The standard InChI is InChI=1S/C18H19IN4O2/c1-18(2,24)14-7-6-11(9-20-14)15-16(19)23(3)17(21-15)12-8-13(25-22-12)10-4-5-10/h6-10,24H,4-5H2,1-3H3. The number of rotatable bonds is 4. The first-order chi connectivity index (χ1) is 11.8. The molecule has 0 bridgehead atoms. The summed E-state index contributed by atoms with van der Waals surface area (Å²) in [5, 5.41) is 14.2. The van der Waals surface area contributed by atoms with Crippen molar-refractivity contribution < 1.29 is 9.63 Å². The lowest BCUT2D eigenvalue weighted by molar-refractivity contribution is 0.0739. The van der Waals surface area contributed by atoms with E-state index in [-0.39, 0.29) is 0 Å². The van der Waals surface area contributed by atoms with Crippen molar-refractivity contribution in [2.45, 2.75) is 38.2 Å². The highest BCUT2D eigenvalue weighted by molar-refractivity contribution is 14.1. The zero-order valence-electron chi connectivity index (χ0n) is 14.3. The van der Waals surface area contributed by atoms with Gasteiger partial charge in [-0.25, -0.2) is 4.98 Å². The van der Waals surface area contributed by atoms with Gasteiger partial charge in [0.05, 0.1) is 5.69 Å². The van der Waals surface area contributed by atoms with Crippen LogP contribution in [0.25, 0.3) is 22.8 Å². The molecule has 0 radical (unpaired) electrons. The van der Waals surface area contributed by atoms with Crippen LogP contribution >= 0.6 is 22.6 Å². The highest BCUT2D eigenvalue weighted by Gasteiger charge is 2.29. The molecule has 0 spiro atoms. The summed E-state index contributed by atoms with van der Waals surface area (Å²) >= 11 is 2.28. The molecule has 0 amide bonds. The van der Waals surface area contributed by atoms with E-state index in [4.69, 9.17) is 9.51 Å². The zero-order valence-corrected chi connectivity index (χ0v) is 16.5. The molecule has 1 aliphatic rings. The van der Waals surface area contributed by atoms with Crippen LogP contribution in [0.1, 0.15) is 44.1 Å². The first kappa shape index (κ1) is 16.7. The van der Waals surface area contributed by atoms with Crippen LogP contribution in [0.5, 0.6) is 0 Å². The third kappa shape index (κ3) is 3.10. The first-order valence-electron chi connectivity index (χ1n) is 8.23. The second-order valence-electron chi connectivity index (χ2n) is 7.01. The number of aliphatic hydroxyl groups is 1. The van der Waals surface area contributed by atoms with Crippen LogP contribution in [-0.4, -0.2) is 24.8 Å². The van der Waals surface area contributed by atoms with E-state index in [9.17, 15) is 5.11 Å². The van der Waals surface area contributed by atoms with Crippen molar-refractivity contribution in [1.29, 1.82) is 0 Å². The van der Waals surface area contributed by atoms with E-state index >= 15 is 0 Å². The molecule has 3 aromatic heterocycles. The molecule has 1 aliphatic carbocycles. The molecule has 6 nitrogen and oxygen atoms in total. The van der Waals surface area contributed by atoms with Gasteiger partial charge < -0.3 is 14.2 Å². The molecular formula is C18H19IN4O2. The van der Waals surface area contributed by atoms with Gasteiger partial charge >= 0.3 is 0 Å². The maximum absolute atomic E-state index is 10.1. The Balaban J connectivity index is 1.71. The summed E-state index contributed by atoms with van der Waals surface area (Å²) in [6, 6.07) is 5.77. The Morgan fingerprint density at radius 1 is 1.32 bits per heavy atom. The van der Waals surface area contributed by atoms with Gasteiger partial charge in [-0.3, -0.25) is 4.98 Å². The van der Waals surface area contributed by atoms with Crippen LogP contribution in [0.15, 0.2) is 28.9 Å². The second kappa shape index (κ2) is 5.91. The molecule has 0 saturated heterocycles. The van der Waals surface area contributed by atoms with Crippen molar-refractivity contribution in [2.24, 2.45) is 7.05 Å². The fraction of sp³-hybridized carbons (Fsp3) is 0.389. The van der Waals surface area contributed by atoms with E-state index in [0.29, 0.717) is 11.6 Å². The molecule has 3 aromatic rings. The van der Waals surface area contributed by atoms with E-state index in [1.807, 2.05) is 29.8 Å². The third-order valence-corrected chi connectivity index (χ3v) is 5.66. The molecule has 1 fully saturated rings. The van der Waals surface area contributed by atoms with Gasteiger partial charge in [0.2, 0.25) is 0 Å².